The van der Waals surface area contributed by atoms with Crippen LogP contribution >= 0.6 is 0 Å². The first-order valence-corrected chi connectivity index (χ1v) is 50.3. The summed E-state index contributed by atoms with van der Waals surface area (Å²) in [6.45, 7) is 7.91. The summed E-state index contributed by atoms with van der Waals surface area (Å²) in [5.41, 5.74) is 0. The van der Waals surface area contributed by atoms with Crippen molar-refractivity contribution in [2.75, 3.05) is 0 Å². The van der Waals surface area contributed by atoms with Gasteiger partial charge in [-0.05, 0) is 38.0 Å². The second kappa shape index (κ2) is 25.0. The molecule has 0 aromatic heterocycles. The average Bonchev–Trinajstić information content (AvgIpc) is 0.729. The summed E-state index contributed by atoms with van der Waals surface area (Å²) < 4.78 is 130. The molecule has 480 valence electrons. The Bertz CT molecular complexity index is 3590. The van der Waals surface area contributed by atoms with Crippen LogP contribution in [0.4, 0.5) is 0 Å². The number of hydrogen-bond donors (Lipinski definition) is 0. The lowest BCUT2D eigenvalue weighted by molar-refractivity contribution is -0.153. The molecular weight excluding hydrogens is 1370 g/mol. The molecular formula is C65H66O19Si10. The molecule has 0 spiro atoms. The molecule has 0 radical (unpaired) electrons. The number of allylic oxidation sites excluding steroid dienone is 1. The number of carbonyl (C=O) groups is 3. The molecule has 8 aromatic carbocycles. The van der Waals surface area contributed by atoms with E-state index in [1.807, 2.05) is 256 Å². The molecule has 8 fully saturated rings. The largest absolute Gasteiger partial charge is 0.515 e. The SMILES string of the molecule is C=C1CC(CCC[Si]2(C)O[Si]3(c4ccccc4)O[Si]4(c5ccccc5)O[Si]5(c6ccccc6)O[Si](C)(CCCC6CC(=O)OC6=O)O[Si]6(c7ccccc7)O[Si](c7ccccc7)(O[Si](c7ccccc7)(O2)O[Si](c2ccccc2)(O6)O[Si](c2ccccc2)(O3)O5)O4)C(=O)O1. The second-order valence-electron chi connectivity index (χ2n) is 24.4. The summed E-state index contributed by atoms with van der Waals surface area (Å²) >= 11 is 0. The topological polar surface area (TPSA) is 199 Å². The smallest absolute Gasteiger partial charge is 0.431 e. The van der Waals surface area contributed by atoms with Crippen molar-refractivity contribution in [3.8, 4) is 0 Å². The van der Waals surface area contributed by atoms with Gasteiger partial charge in [-0.15, -0.1) is 0 Å². The predicted molar refractivity (Wildman–Crippen MR) is 364 cm³/mol. The van der Waals surface area contributed by atoms with Gasteiger partial charge in [0.2, 0.25) is 0 Å². The third-order valence-corrected chi connectivity index (χ3v) is 61.0. The summed E-state index contributed by atoms with van der Waals surface area (Å²) in [4.78, 5) is 39.7. The fourth-order valence-corrected chi connectivity index (χ4v) is 69.9. The van der Waals surface area contributed by atoms with Crippen molar-refractivity contribution < 1.29 is 81.5 Å². The normalized spacial score (nSPS) is 34.5. The Kier molecular flexibility index (Phi) is 16.9. The number of hydrogen-bond acceptors (Lipinski definition) is 19. The number of esters is 3. The fraction of sp³-hybridized carbons (Fsp3) is 0.185. The number of cyclic esters (lactones) is 3. The Morgan fingerprint density at radius 3 is 0.691 bits per heavy atom. The summed E-state index contributed by atoms with van der Waals surface area (Å²) in [5, 5.41) is 3.56. The first-order chi connectivity index (χ1) is 45.5. The van der Waals surface area contributed by atoms with Crippen LogP contribution in [0, 0.1) is 11.8 Å². The van der Waals surface area contributed by atoms with E-state index in [4.69, 9.17) is 67.1 Å². The van der Waals surface area contributed by atoms with Crippen molar-refractivity contribution in [1.82, 2.24) is 0 Å². The Balaban J connectivity index is 1.14. The van der Waals surface area contributed by atoms with E-state index in [-0.39, 0.29) is 37.3 Å². The van der Waals surface area contributed by atoms with E-state index >= 15 is 0 Å². The quantitative estimate of drug-likeness (QED) is 0.0626. The molecule has 8 heterocycles. The van der Waals surface area contributed by atoms with Gasteiger partial charge in [0.25, 0.3) is 0 Å². The molecule has 0 aliphatic carbocycles. The van der Waals surface area contributed by atoms with Gasteiger partial charge < -0.3 is 67.1 Å². The predicted octanol–water partition coefficient (Wildman–Crippen LogP) is 5.93. The second-order valence-corrected chi connectivity index (χ2v) is 54.9. The van der Waals surface area contributed by atoms with Crippen molar-refractivity contribution in [3.05, 3.63) is 255 Å². The molecule has 94 heavy (non-hydrogen) atoms. The minimum Gasteiger partial charge on any atom is -0.431 e. The highest BCUT2D eigenvalue weighted by molar-refractivity contribution is 7.12. The van der Waals surface area contributed by atoms with Crippen LogP contribution in [0.2, 0.25) is 25.2 Å². The monoisotopic (exact) mass is 1430 g/mol. The molecule has 8 saturated heterocycles. The number of ether oxygens (including phenoxy) is 2. The molecule has 29 heteroatoms. The van der Waals surface area contributed by atoms with E-state index in [9.17, 15) is 14.4 Å². The minimum absolute atomic E-state index is 0.0784. The van der Waals surface area contributed by atoms with Crippen molar-refractivity contribution in [2.45, 2.75) is 63.7 Å². The van der Waals surface area contributed by atoms with E-state index in [0.29, 0.717) is 66.5 Å². The third-order valence-electron chi connectivity index (χ3n) is 17.5. The lowest BCUT2D eigenvalue weighted by atomic mass is 10.0. The third kappa shape index (κ3) is 11.9. The number of rotatable bonds is 16. The number of benzene rings is 8. The molecule has 19 nitrogen and oxygen atoms in total. The van der Waals surface area contributed by atoms with E-state index in [1.165, 1.54) is 0 Å². The highest BCUT2D eigenvalue weighted by Crippen LogP contribution is 2.48. The standard InChI is InChI=1S/C65H66O19Si10/c1-52-50-53(64(67)69-52)30-28-48-85(2)71-87(55-32-12-4-13-33-55)75-91(59-40-20-8-21-41-59)79-89(57-36-16-6-17-37-57)73-86(3,49-29-31-54-51-63(66)70-65(54)68)74-90(58-38-18-7-19-39-58)81-93(83-91,61-44-24-10-25-45-61)77-88(72-85,56-34-14-5-15-35-56)78-94(82-90,62-46-26-11-27-47-62)84-92(76-87,80-89)60-42-22-9-23-43-60/h4-27,32-47,53-54H,1,28-31,48-51H2,2-3H3. The van der Waals surface area contributed by atoms with Gasteiger partial charge in [0.15, 0.2) is 0 Å². The maximum Gasteiger partial charge on any atom is 0.515 e. The van der Waals surface area contributed by atoms with Crippen molar-refractivity contribution in [1.29, 1.82) is 0 Å². The zero-order valence-corrected chi connectivity index (χ0v) is 61.4. The molecule has 8 bridgehead atoms. The van der Waals surface area contributed by atoms with E-state index in [0.717, 1.165) is 0 Å². The molecule has 0 saturated carbocycles. The zero-order chi connectivity index (χ0) is 64.3. The number of fused-ring (bicyclic) bond motifs is 4. The van der Waals surface area contributed by atoms with Crippen LogP contribution < -0.4 is 41.5 Å². The molecule has 0 N–H and O–H groups in total. The van der Waals surface area contributed by atoms with Crippen LogP contribution in [0.25, 0.3) is 0 Å². The van der Waals surface area contributed by atoms with Crippen molar-refractivity contribution >= 4 is 147 Å². The Labute approximate surface area is 555 Å². The van der Waals surface area contributed by atoms with Gasteiger partial charge in [-0.2, -0.15) is 0 Å². The van der Waals surface area contributed by atoms with Gasteiger partial charge >= 0.3 is 105 Å². The molecule has 8 aliphatic rings. The van der Waals surface area contributed by atoms with Gasteiger partial charge in [-0.25, -0.2) is 0 Å². The van der Waals surface area contributed by atoms with Crippen molar-refractivity contribution in [3.63, 3.8) is 0 Å². The highest BCUT2D eigenvalue weighted by atomic mass is 28.6. The average molecular weight is 1430 g/mol. The number of carbonyl (C=O) groups excluding carboxylic acids is 3. The van der Waals surface area contributed by atoms with Gasteiger partial charge in [-0.1, -0.05) is 262 Å². The fourth-order valence-electron chi connectivity index (χ4n) is 13.1. The van der Waals surface area contributed by atoms with E-state index < -0.39 is 111 Å². The first kappa shape index (κ1) is 63.8. The van der Waals surface area contributed by atoms with Crippen LogP contribution in [-0.4, -0.2) is 105 Å². The Morgan fingerprint density at radius 2 is 0.500 bits per heavy atom. The maximum absolute atomic E-state index is 13.6. The van der Waals surface area contributed by atoms with Crippen LogP contribution in [0.3, 0.4) is 0 Å². The highest BCUT2D eigenvalue weighted by Gasteiger charge is 2.83. The van der Waals surface area contributed by atoms with E-state index in [2.05, 4.69) is 6.58 Å². The molecule has 6 unspecified atom stereocenters. The van der Waals surface area contributed by atoms with Crippen molar-refractivity contribution in [2.24, 2.45) is 11.8 Å². The lowest BCUT2D eigenvalue weighted by Crippen LogP contribution is -2.93. The maximum atomic E-state index is 13.6. The molecule has 6 atom stereocenters. The summed E-state index contributed by atoms with van der Waals surface area (Å²) in [5.74, 6) is -2.34. The molecule has 8 aromatic rings. The molecule has 16 rings (SSSR count). The molecule has 8 aliphatic heterocycles. The summed E-state index contributed by atoms with van der Waals surface area (Å²) in [6.07, 6.45) is 1.55. The minimum atomic E-state index is -5.34. The van der Waals surface area contributed by atoms with Crippen LogP contribution in [0.5, 0.6) is 0 Å². The van der Waals surface area contributed by atoms with Gasteiger partial charge in [0.05, 0.1) is 18.3 Å². The van der Waals surface area contributed by atoms with Gasteiger partial charge in [0.1, 0.15) is 5.76 Å². The first-order valence-electron chi connectivity index (χ1n) is 31.4. The summed E-state index contributed by atoms with van der Waals surface area (Å²) in [7, 11) is -50.7. The van der Waals surface area contributed by atoms with Gasteiger partial charge in [-0.3, -0.25) is 14.4 Å². The Morgan fingerprint density at radius 1 is 0.298 bits per heavy atom. The zero-order valence-electron chi connectivity index (χ0n) is 51.4. The lowest BCUT2D eigenvalue weighted by Gasteiger charge is -2.61. The van der Waals surface area contributed by atoms with E-state index in [1.54, 1.807) is 0 Å². The summed E-state index contributed by atoms with van der Waals surface area (Å²) in [6, 6.07) is 76.0. The molecule has 0 amide bonds. The van der Waals surface area contributed by atoms with Gasteiger partial charge in [0, 0.05) is 47.9 Å². The van der Waals surface area contributed by atoms with Crippen LogP contribution in [0.1, 0.15) is 38.5 Å². The van der Waals surface area contributed by atoms with Crippen LogP contribution in [0.15, 0.2) is 255 Å². The Hall–Kier alpha value is -6.28. The van der Waals surface area contributed by atoms with Crippen LogP contribution in [-0.2, 0) is 81.5 Å².